The second kappa shape index (κ2) is 2.84. The monoisotopic (exact) mass is 154 g/mol. The number of hydrogen-bond donors (Lipinski definition) is 0. The van der Waals surface area contributed by atoms with E-state index in [-0.39, 0.29) is 0 Å². The van der Waals surface area contributed by atoms with Crippen molar-refractivity contribution in [3.63, 3.8) is 0 Å². The second-order valence-electron chi connectivity index (χ2n) is 2.14. The van der Waals surface area contributed by atoms with E-state index in [1.165, 1.54) is 0 Å². The van der Waals surface area contributed by atoms with Gasteiger partial charge in [0.1, 0.15) is 10.0 Å². The number of hydrogen-bond acceptors (Lipinski definition) is 3. The molecule has 0 radical (unpaired) electrons. The largest absolute Gasteiger partial charge is 0.368 e. The predicted octanol–water partition coefficient (Wildman–Crippen LogP) is 1.85. The topological polar surface area (TPSA) is 16.1 Å². The van der Waals surface area contributed by atoms with Gasteiger partial charge in [0.05, 0.1) is 6.20 Å². The van der Waals surface area contributed by atoms with E-state index in [0.717, 1.165) is 10.0 Å². The minimum absolute atomic E-state index is 0.976. The smallest absolute Gasteiger partial charge is 0.117 e. The molecule has 0 aliphatic rings. The van der Waals surface area contributed by atoms with Gasteiger partial charge in [0.15, 0.2) is 0 Å². The van der Waals surface area contributed by atoms with E-state index < -0.39 is 0 Å². The molecule has 0 saturated heterocycles. The van der Waals surface area contributed by atoms with Gasteiger partial charge in [0.25, 0.3) is 0 Å². The highest BCUT2D eigenvalue weighted by Gasteiger charge is 1.98. The molecule has 1 aromatic rings. The van der Waals surface area contributed by atoms with Crippen LogP contribution in [0.3, 0.4) is 0 Å². The van der Waals surface area contributed by atoms with Crippen LogP contribution in [-0.4, -0.2) is 19.1 Å². The molecule has 0 saturated carbocycles. The maximum absolute atomic E-state index is 4.11. The number of rotatable bonds is 2. The Morgan fingerprint density at radius 1 is 1.70 bits per heavy atom. The van der Waals surface area contributed by atoms with Crippen molar-refractivity contribution in [1.82, 2.24) is 4.98 Å². The van der Waals surface area contributed by atoms with Crippen molar-refractivity contribution in [1.29, 1.82) is 0 Å². The lowest BCUT2D eigenvalue weighted by Gasteiger charge is -2.05. The van der Waals surface area contributed by atoms with Crippen LogP contribution in [0.4, 0.5) is 5.00 Å². The minimum atomic E-state index is 0.976. The molecule has 54 valence electrons. The Balaban J connectivity index is 2.88. The first-order chi connectivity index (χ1) is 4.74. The first-order valence-corrected chi connectivity index (χ1v) is 3.81. The van der Waals surface area contributed by atoms with Crippen molar-refractivity contribution in [2.24, 2.45) is 0 Å². The van der Waals surface area contributed by atoms with Gasteiger partial charge in [0, 0.05) is 14.1 Å². The van der Waals surface area contributed by atoms with Gasteiger partial charge in [-0.05, 0) is 6.08 Å². The fourth-order valence-corrected chi connectivity index (χ4v) is 1.27. The Bertz CT molecular complexity index is 227. The maximum atomic E-state index is 4.11. The minimum Gasteiger partial charge on any atom is -0.368 e. The zero-order valence-electron chi connectivity index (χ0n) is 6.16. The second-order valence-corrected chi connectivity index (χ2v) is 3.18. The van der Waals surface area contributed by atoms with E-state index in [2.05, 4.69) is 11.6 Å². The molecule has 1 heterocycles. The summed E-state index contributed by atoms with van der Waals surface area (Å²) in [6, 6.07) is 0. The van der Waals surface area contributed by atoms with Gasteiger partial charge in [-0.15, -0.1) is 0 Å². The third kappa shape index (κ3) is 1.36. The standard InChI is InChI=1S/C7H10N2S/c1-4-6-8-5-7(10-6)9(2)3/h4-5H,1H2,2-3H3. The molecule has 1 aromatic heterocycles. The lowest BCUT2D eigenvalue weighted by Crippen LogP contribution is -2.05. The molecule has 0 bridgehead atoms. The van der Waals surface area contributed by atoms with E-state index in [1.54, 1.807) is 17.4 Å². The van der Waals surface area contributed by atoms with Gasteiger partial charge in [-0.1, -0.05) is 17.9 Å². The van der Waals surface area contributed by atoms with Crippen LogP contribution in [0.15, 0.2) is 12.8 Å². The summed E-state index contributed by atoms with van der Waals surface area (Å²) < 4.78 is 0. The highest BCUT2D eigenvalue weighted by atomic mass is 32.1. The molecule has 2 nitrogen and oxygen atoms in total. The summed E-state index contributed by atoms with van der Waals surface area (Å²) in [5, 5.41) is 2.14. The molecule has 0 fully saturated rings. The van der Waals surface area contributed by atoms with Crippen LogP contribution >= 0.6 is 11.3 Å². The molecule has 0 aliphatic carbocycles. The molecule has 0 N–H and O–H groups in total. The molecule has 0 atom stereocenters. The van der Waals surface area contributed by atoms with E-state index in [1.807, 2.05) is 25.2 Å². The molecular formula is C7H10N2S. The molecule has 0 aliphatic heterocycles. The lowest BCUT2D eigenvalue weighted by atomic mass is 10.7. The third-order valence-electron chi connectivity index (χ3n) is 1.13. The van der Waals surface area contributed by atoms with Crippen LogP contribution in [0.5, 0.6) is 0 Å². The van der Waals surface area contributed by atoms with Crippen molar-refractivity contribution < 1.29 is 0 Å². The van der Waals surface area contributed by atoms with Crippen LogP contribution < -0.4 is 4.90 Å². The summed E-state index contributed by atoms with van der Waals surface area (Å²) >= 11 is 1.64. The van der Waals surface area contributed by atoms with Gasteiger partial charge < -0.3 is 4.90 Å². The number of nitrogens with zero attached hydrogens (tertiary/aromatic N) is 2. The van der Waals surface area contributed by atoms with Gasteiger partial charge >= 0.3 is 0 Å². The summed E-state index contributed by atoms with van der Waals surface area (Å²) in [5.41, 5.74) is 0. The van der Waals surface area contributed by atoms with Gasteiger partial charge in [-0.3, -0.25) is 0 Å². The van der Waals surface area contributed by atoms with Crippen LogP contribution in [0.25, 0.3) is 6.08 Å². The molecule has 3 heteroatoms. The Morgan fingerprint density at radius 3 is 2.70 bits per heavy atom. The third-order valence-corrected chi connectivity index (χ3v) is 2.29. The summed E-state index contributed by atoms with van der Waals surface area (Å²) in [6.45, 7) is 3.63. The predicted molar refractivity (Wildman–Crippen MR) is 46.5 cm³/mol. The zero-order chi connectivity index (χ0) is 7.56. The van der Waals surface area contributed by atoms with E-state index in [9.17, 15) is 0 Å². The fraction of sp³-hybridized carbons (Fsp3) is 0.286. The fourth-order valence-electron chi connectivity index (χ4n) is 0.580. The van der Waals surface area contributed by atoms with Gasteiger partial charge in [0.2, 0.25) is 0 Å². The van der Waals surface area contributed by atoms with Crippen molar-refractivity contribution >= 4 is 22.4 Å². The number of anilines is 1. The first-order valence-electron chi connectivity index (χ1n) is 2.99. The Morgan fingerprint density at radius 2 is 2.40 bits per heavy atom. The van der Waals surface area contributed by atoms with Gasteiger partial charge in [-0.2, -0.15) is 0 Å². The lowest BCUT2D eigenvalue weighted by molar-refractivity contribution is 1.15. The highest BCUT2D eigenvalue weighted by molar-refractivity contribution is 7.16. The van der Waals surface area contributed by atoms with Crippen molar-refractivity contribution in [2.45, 2.75) is 0 Å². The molecule has 1 rings (SSSR count). The van der Waals surface area contributed by atoms with Crippen LogP contribution in [-0.2, 0) is 0 Å². The summed E-state index contributed by atoms with van der Waals surface area (Å²) in [5.74, 6) is 0. The summed E-state index contributed by atoms with van der Waals surface area (Å²) in [4.78, 5) is 6.15. The normalized spacial score (nSPS) is 9.40. The SMILES string of the molecule is C=Cc1ncc(N(C)C)s1. The summed E-state index contributed by atoms with van der Waals surface area (Å²) in [7, 11) is 4.00. The molecule has 0 spiro atoms. The number of aromatic nitrogens is 1. The average Bonchev–Trinajstić information content (AvgIpc) is 2.34. The molecule has 0 aromatic carbocycles. The van der Waals surface area contributed by atoms with E-state index >= 15 is 0 Å². The van der Waals surface area contributed by atoms with E-state index in [0.29, 0.717) is 0 Å². The van der Waals surface area contributed by atoms with Crippen LogP contribution in [0.2, 0.25) is 0 Å². The van der Waals surface area contributed by atoms with Crippen LogP contribution in [0.1, 0.15) is 5.01 Å². The number of thiazole rings is 1. The molecule has 10 heavy (non-hydrogen) atoms. The molecule has 0 amide bonds. The van der Waals surface area contributed by atoms with Crippen molar-refractivity contribution in [3.05, 3.63) is 17.8 Å². The Kier molecular flexibility index (Phi) is 2.06. The van der Waals surface area contributed by atoms with Crippen molar-refractivity contribution in [2.75, 3.05) is 19.0 Å². The Hall–Kier alpha value is -0.830. The first kappa shape index (κ1) is 7.28. The quantitative estimate of drug-likeness (QED) is 0.646. The molecular weight excluding hydrogens is 144 g/mol. The van der Waals surface area contributed by atoms with Gasteiger partial charge in [-0.25, -0.2) is 4.98 Å². The van der Waals surface area contributed by atoms with E-state index in [4.69, 9.17) is 0 Å². The highest BCUT2D eigenvalue weighted by Crippen LogP contribution is 2.21. The maximum Gasteiger partial charge on any atom is 0.117 e. The average molecular weight is 154 g/mol. The van der Waals surface area contributed by atoms with Crippen LogP contribution in [0, 0.1) is 0 Å². The van der Waals surface area contributed by atoms with Crippen molar-refractivity contribution in [3.8, 4) is 0 Å². The Labute approximate surface area is 64.8 Å². The molecule has 0 unspecified atom stereocenters. The zero-order valence-corrected chi connectivity index (χ0v) is 6.98. The summed E-state index contributed by atoms with van der Waals surface area (Å²) in [6.07, 6.45) is 3.61.